The molecule has 0 aliphatic carbocycles. The summed E-state index contributed by atoms with van der Waals surface area (Å²) in [6, 6.07) is 5.46. The summed E-state index contributed by atoms with van der Waals surface area (Å²) < 4.78 is 0. The van der Waals surface area contributed by atoms with E-state index in [1.165, 1.54) is 0 Å². The lowest BCUT2D eigenvalue weighted by Crippen LogP contribution is -2.50. The summed E-state index contributed by atoms with van der Waals surface area (Å²) in [5.41, 5.74) is 2.64. The van der Waals surface area contributed by atoms with Crippen molar-refractivity contribution in [1.29, 1.82) is 0 Å². The number of hydrogen-bond acceptors (Lipinski definition) is 7. The highest BCUT2D eigenvalue weighted by Gasteiger charge is 2.29. The van der Waals surface area contributed by atoms with Crippen LogP contribution in [0.5, 0.6) is 5.75 Å². The summed E-state index contributed by atoms with van der Waals surface area (Å²) in [4.78, 5) is 6.62. The number of nitrogens with zero attached hydrogens (tertiary/aromatic N) is 5. The van der Waals surface area contributed by atoms with Crippen molar-refractivity contribution in [2.75, 3.05) is 11.4 Å². The van der Waals surface area contributed by atoms with Crippen LogP contribution >= 0.6 is 0 Å². The zero-order valence-corrected chi connectivity index (χ0v) is 16.3. The zero-order valence-electron chi connectivity index (χ0n) is 16.3. The highest BCUT2D eigenvalue weighted by Crippen LogP contribution is 2.31. The Labute approximate surface area is 164 Å². The SMILES string of the molecule is CC(C)(C)N[C@H]1CCCN1c1ccc(-c2ncc(-c3cn[nH]c3)cc2O)nn1. The first-order chi connectivity index (χ1) is 13.4. The summed E-state index contributed by atoms with van der Waals surface area (Å²) in [5.74, 6) is 0.895. The molecule has 0 unspecified atom stereocenters. The maximum atomic E-state index is 10.4. The number of rotatable bonds is 4. The molecule has 0 amide bonds. The van der Waals surface area contributed by atoms with Crippen molar-refractivity contribution in [2.45, 2.75) is 45.3 Å². The summed E-state index contributed by atoms with van der Waals surface area (Å²) in [7, 11) is 0. The Morgan fingerprint density at radius 3 is 2.68 bits per heavy atom. The third-order valence-electron chi connectivity index (χ3n) is 4.74. The molecule has 0 radical (unpaired) electrons. The molecule has 8 heteroatoms. The predicted octanol–water partition coefficient (Wildman–Crippen LogP) is 2.95. The van der Waals surface area contributed by atoms with Crippen molar-refractivity contribution < 1.29 is 5.11 Å². The normalized spacial score (nSPS) is 17.2. The van der Waals surface area contributed by atoms with Crippen LogP contribution in [0.15, 0.2) is 36.8 Å². The third kappa shape index (κ3) is 3.82. The molecule has 146 valence electrons. The molecule has 1 fully saturated rings. The molecular weight excluding hydrogens is 354 g/mol. The number of nitrogens with one attached hydrogen (secondary N) is 2. The average Bonchev–Trinajstić information content (AvgIpc) is 3.32. The largest absolute Gasteiger partial charge is 0.506 e. The van der Waals surface area contributed by atoms with Crippen LogP contribution < -0.4 is 10.2 Å². The fourth-order valence-corrected chi connectivity index (χ4v) is 3.51. The lowest BCUT2D eigenvalue weighted by atomic mass is 10.1. The molecule has 28 heavy (non-hydrogen) atoms. The van der Waals surface area contributed by atoms with E-state index in [-0.39, 0.29) is 17.5 Å². The van der Waals surface area contributed by atoms with Gasteiger partial charge in [0.05, 0.1) is 12.4 Å². The number of aromatic hydroxyl groups is 1. The lowest BCUT2D eigenvalue weighted by Gasteiger charge is -2.32. The van der Waals surface area contributed by atoms with Gasteiger partial charge in [0, 0.05) is 35.6 Å². The van der Waals surface area contributed by atoms with Gasteiger partial charge >= 0.3 is 0 Å². The standard InChI is InChI=1S/C20H25N7O/c1-20(2,3)24-17-5-4-8-27(17)18-7-6-15(25-26-18)19-16(28)9-13(10-21-19)14-11-22-23-12-14/h6-7,9-12,17,24,28H,4-5,8H2,1-3H3,(H,22,23)/t17-/m1/s1. The van der Waals surface area contributed by atoms with Gasteiger partial charge in [0.25, 0.3) is 0 Å². The highest BCUT2D eigenvalue weighted by atomic mass is 16.3. The Morgan fingerprint density at radius 2 is 2.04 bits per heavy atom. The van der Waals surface area contributed by atoms with Gasteiger partial charge in [-0.05, 0) is 51.8 Å². The van der Waals surface area contributed by atoms with Gasteiger partial charge in [-0.15, -0.1) is 10.2 Å². The van der Waals surface area contributed by atoms with Crippen molar-refractivity contribution in [1.82, 2.24) is 30.7 Å². The highest BCUT2D eigenvalue weighted by molar-refractivity contribution is 5.69. The van der Waals surface area contributed by atoms with Crippen LogP contribution in [-0.4, -0.2) is 48.7 Å². The van der Waals surface area contributed by atoms with Crippen LogP contribution in [0.25, 0.3) is 22.5 Å². The predicted molar refractivity (Wildman–Crippen MR) is 108 cm³/mol. The number of aromatic nitrogens is 5. The Bertz CT molecular complexity index is 932. The van der Waals surface area contributed by atoms with Crippen molar-refractivity contribution in [3.63, 3.8) is 0 Å². The Hall–Kier alpha value is -3.00. The zero-order chi connectivity index (χ0) is 19.7. The minimum Gasteiger partial charge on any atom is -0.506 e. The molecule has 0 aromatic carbocycles. The van der Waals surface area contributed by atoms with Crippen molar-refractivity contribution in [3.05, 3.63) is 36.8 Å². The molecule has 1 saturated heterocycles. The van der Waals surface area contributed by atoms with Gasteiger partial charge in [-0.3, -0.25) is 10.4 Å². The molecule has 4 heterocycles. The minimum atomic E-state index is 0.0348. The van der Waals surface area contributed by atoms with Gasteiger partial charge in [-0.2, -0.15) is 5.10 Å². The van der Waals surface area contributed by atoms with E-state index in [0.717, 1.165) is 36.3 Å². The molecule has 3 aromatic rings. The van der Waals surface area contributed by atoms with E-state index in [1.54, 1.807) is 24.7 Å². The smallest absolute Gasteiger partial charge is 0.152 e. The second-order valence-electron chi connectivity index (χ2n) is 8.10. The van der Waals surface area contributed by atoms with Crippen LogP contribution in [0.1, 0.15) is 33.6 Å². The average molecular weight is 379 g/mol. The topological polar surface area (TPSA) is 103 Å². The van der Waals surface area contributed by atoms with Gasteiger partial charge in [-0.25, -0.2) is 4.98 Å². The van der Waals surface area contributed by atoms with Crippen LogP contribution in [-0.2, 0) is 0 Å². The molecule has 1 aliphatic heterocycles. The summed E-state index contributed by atoms with van der Waals surface area (Å²) in [6.45, 7) is 7.45. The number of hydrogen-bond donors (Lipinski definition) is 3. The Balaban J connectivity index is 1.55. The number of aromatic amines is 1. The molecule has 4 rings (SSSR count). The van der Waals surface area contributed by atoms with E-state index in [9.17, 15) is 5.11 Å². The van der Waals surface area contributed by atoms with E-state index >= 15 is 0 Å². The van der Waals surface area contributed by atoms with Crippen LogP contribution in [0, 0.1) is 0 Å². The van der Waals surface area contributed by atoms with Gasteiger partial charge < -0.3 is 10.0 Å². The van der Waals surface area contributed by atoms with Crippen molar-refractivity contribution in [2.24, 2.45) is 0 Å². The van der Waals surface area contributed by atoms with Crippen LogP contribution in [0.2, 0.25) is 0 Å². The van der Waals surface area contributed by atoms with Crippen LogP contribution in [0.3, 0.4) is 0 Å². The summed E-state index contributed by atoms with van der Waals surface area (Å²) in [5, 5.41) is 29.4. The second kappa shape index (κ2) is 7.20. The minimum absolute atomic E-state index is 0.0348. The van der Waals surface area contributed by atoms with E-state index in [4.69, 9.17) is 0 Å². The molecule has 3 N–H and O–H groups in total. The maximum Gasteiger partial charge on any atom is 0.152 e. The van der Waals surface area contributed by atoms with Gasteiger partial charge in [0.1, 0.15) is 17.1 Å². The monoisotopic (exact) mass is 379 g/mol. The van der Waals surface area contributed by atoms with E-state index in [1.807, 2.05) is 12.1 Å². The third-order valence-corrected chi connectivity index (χ3v) is 4.74. The van der Waals surface area contributed by atoms with Crippen molar-refractivity contribution in [3.8, 4) is 28.3 Å². The summed E-state index contributed by atoms with van der Waals surface area (Å²) in [6.07, 6.45) is 7.58. The Kier molecular flexibility index (Phi) is 4.72. The lowest BCUT2D eigenvalue weighted by molar-refractivity contribution is 0.361. The fraction of sp³-hybridized carbons (Fsp3) is 0.400. The second-order valence-corrected chi connectivity index (χ2v) is 8.10. The Morgan fingerprint density at radius 1 is 1.18 bits per heavy atom. The molecule has 1 aliphatic rings. The van der Waals surface area contributed by atoms with E-state index < -0.39 is 0 Å². The van der Waals surface area contributed by atoms with Gasteiger partial charge in [0.2, 0.25) is 0 Å². The van der Waals surface area contributed by atoms with Crippen molar-refractivity contribution >= 4 is 5.82 Å². The number of H-pyrrole nitrogens is 1. The molecule has 8 nitrogen and oxygen atoms in total. The molecule has 0 spiro atoms. The van der Waals surface area contributed by atoms with Gasteiger partial charge in [0.15, 0.2) is 5.82 Å². The number of anilines is 1. The first-order valence-electron chi connectivity index (χ1n) is 9.47. The first kappa shape index (κ1) is 18.4. The molecule has 0 bridgehead atoms. The fourth-order valence-electron chi connectivity index (χ4n) is 3.51. The van der Waals surface area contributed by atoms with E-state index in [2.05, 4.69) is 56.4 Å². The molecule has 0 saturated carbocycles. The maximum absolute atomic E-state index is 10.4. The van der Waals surface area contributed by atoms with Crippen LogP contribution in [0.4, 0.5) is 5.82 Å². The molecular formula is C20H25N7O. The first-order valence-corrected chi connectivity index (χ1v) is 9.47. The van der Waals surface area contributed by atoms with E-state index in [0.29, 0.717) is 11.4 Å². The quantitative estimate of drug-likeness (QED) is 0.640. The van der Waals surface area contributed by atoms with Gasteiger partial charge in [-0.1, -0.05) is 0 Å². The summed E-state index contributed by atoms with van der Waals surface area (Å²) >= 11 is 0. The molecule has 1 atom stereocenters. The molecule has 3 aromatic heterocycles. The number of pyridine rings is 1.